The molecule has 1 amide bonds. The van der Waals surface area contributed by atoms with Gasteiger partial charge in [-0.05, 0) is 39.8 Å². The van der Waals surface area contributed by atoms with E-state index in [-0.39, 0.29) is 5.91 Å². The van der Waals surface area contributed by atoms with Crippen molar-refractivity contribution in [2.75, 3.05) is 11.9 Å². The Hall–Kier alpha value is -1.55. The van der Waals surface area contributed by atoms with Gasteiger partial charge in [0.2, 0.25) is 0 Å². The lowest BCUT2D eigenvalue weighted by Gasteiger charge is -2.19. The number of amides is 1. The van der Waals surface area contributed by atoms with Crippen LogP contribution in [0.15, 0.2) is 24.3 Å². The molecule has 0 saturated heterocycles. The van der Waals surface area contributed by atoms with Crippen LogP contribution in [0.2, 0.25) is 0 Å². The Balaban J connectivity index is 2.74. The zero-order valence-corrected chi connectivity index (χ0v) is 10.8. The number of carbonyl (C=O) groups is 1. The Morgan fingerprint density at radius 2 is 1.94 bits per heavy atom. The van der Waals surface area contributed by atoms with E-state index in [4.69, 9.17) is 4.84 Å². The number of benzene rings is 1. The lowest BCUT2D eigenvalue weighted by molar-refractivity contribution is -0.0589. The number of anilines is 1. The van der Waals surface area contributed by atoms with Crippen molar-refractivity contribution in [1.82, 2.24) is 5.48 Å². The van der Waals surface area contributed by atoms with Gasteiger partial charge in [-0.2, -0.15) is 0 Å². The molecule has 0 aliphatic rings. The van der Waals surface area contributed by atoms with Crippen LogP contribution in [-0.4, -0.2) is 18.1 Å². The summed E-state index contributed by atoms with van der Waals surface area (Å²) in [5.74, 6) is -0.239. The van der Waals surface area contributed by atoms with Crippen LogP contribution < -0.4 is 10.8 Å². The van der Waals surface area contributed by atoms with E-state index in [0.717, 1.165) is 12.2 Å². The molecule has 0 atom stereocenters. The Bertz CT molecular complexity index is 383. The summed E-state index contributed by atoms with van der Waals surface area (Å²) in [5.41, 5.74) is 3.45. The van der Waals surface area contributed by atoms with Gasteiger partial charge in [0.25, 0.3) is 5.91 Å². The average molecular weight is 236 g/mol. The minimum absolute atomic E-state index is 0.239. The molecule has 2 N–H and O–H groups in total. The number of rotatable bonds is 4. The van der Waals surface area contributed by atoms with Gasteiger partial charge in [0, 0.05) is 12.2 Å². The Kier molecular flexibility index (Phi) is 4.52. The van der Waals surface area contributed by atoms with Gasteiger partial charge in [0.05, 0.1) is 11.2 Å². The van der Waals surface area contributed by atoms with Gasteiger partial charge in [-0.25, -0.2) is 5.48 Å². The highest BCUT2D eigenvalue weighted by atomic mass is 16.7. The summed E-state index contributed by atoms with van der Waals surface area (Å²) >= 11 is 0. The summed E-state index contributed by atoms with van der Waals surface area (Å²) in [6, 6.07) is 7.35. The first-order valence-electron chi connectivity index (χ1n) is 5.75. The van der Waals surface area contributed by atoms with E-state index in [1.54, 1.807) is 6.07 Å². The zero-order chi connectivity index (χ0) is 12.9. The van der Waals surface area contributed by atoms with Crippen molar-refractivity contribution in [2.45, 2.75) is 33.3 Å². The normalized spacial score (nSPS) is 11.1. The van der Waals surface area contributed by atoms with Crippen LogP contribution in [0.1, 0.15) is 38.1 Å². The van der Waals surface area contributed by atoms with Crippen molar-refractivity contribution >= 4 is 11.6 Å². The lowest BCUT2D eigenvalue weighted by Crippen LogP contribution is -2.33. The molecule has 1 rings (SSSR count). The van der Waals surface area contributed by atoms with Crippen molar-refractivity contribution in [2.24, 2.45) is 0 Å². The first-order valence-corrected chi connectivity index (χ1v) is 5.75. The maximum Gasteiger partial charge on any atom is 0.276 e. The summed E-state index contributed by atoms with van der Waals surface area (Å²) in [4.78, 5) is 17.2. The fraction of sp³-hybridized carbons (Fsp3) is 0.462. The van der Waals surface area contributed by atoms with E-state index >= 15 is 0 Å². The van der Waals surface area contributed by atoms with Gasteiger partial charge in [-0.1, -0.05) is 12.1 Å². The van der Waals surface area contributed by atoms with E-state index < -0.39 is 5.60 Å². The number of hydrogen-bond donors (Lipinski definition) is 2. The predicted octanol–water partition coefficient (Wildman–Crippen LogP) is 2.58. The van der Waals surface area contributed by atoms with Crippen LogP contribution in [0.4, 0.5) is 5.69 Å². The molecule has 0 heterocycles. The molecule has 1 aromatic rings. The molecule has 17 heavy (non-hydrogen) atoms. The third-order valence-corrected chi connectivity index (χ3v) is 1.99. The second kappa shape index (κ2) is 5.68. The Labute approximate surface area is 102 Å². The molecule has 0 spiro atoms. The van der Waals surface area contributed by atoms with Crippen molar-refractivity contribution in [3.8, 4) is 0 Å². The fourth-order valence-electron chi connectivity index (χ4n) is 1.28. The summed E-state index contributed by atoms with van der Waals surface area (Å²) in [5, 5.41) is 3.14. The molecule has 4 nitrogen and oxygen atoms in total. The number of para-hydroxylation sites is 1. The predicted molar refractivity (Wildman–Crippen MR) is 68.9 cm³/mol. The molecule has 1 aromatic carbocycles. The SMILES string of the molecule is CCNc1ccccc1C(=O)NOC(C)(C)C. The molecule has 0 aliphatic heterocycles. The molecule has 0 bridgehead atoms. The summed E-state index contributed by atoms with van der Waals surface area (Å²) in [6.45, 7) is 8.39. The number of hydroxylamine groups is 1. The molecule has 0 aromatic heterocycles. The lowest BCUT2D eigenvalue weighted by atomic mass is 10.1. The minimum atomic E-state index is -0.400. The molecule has 0 fully saturated rings. The van der Waals surface area contributed by atoms with Crippen LogP contribution in [0.25, 0.3) is 0 Å². The van der Waals surface area contributed by atoms with Gasteiger partial charge in [0.15, 0.2) is 0 Å². The third-order valence-electron chi connectivity index (χ3n) is 1.99. The van der Waals surface area contributed by atoms with Crippen molar-refractivity contribution in [3.05, 3.63) is 29.8 Å². The van der Waals surface area contributed by atoms with Crippen LogP contribution in [0.3, 0.4) is 0 Å². The van der Waals surface area contributed by atoms with Crippen molar-refractivity contribution < 1.29 is 9.63 Å². The fourth-order valence-corrected chi connectivity index (χ4v) is 1.28. The zero-order valence-electron chi connectivity index (χ0n) is 10.8. The van der Waals surface area contributed by atoms with Crippen LogP contribution in [0.5, 0.6) is 0 Å². The van der Waals surface area contributed by atoms with E-state index in [1.807, 2.05) is 45.9 Å². The molecule has 94 valence electrons. The van der Waals surface area contributed by atoms with E-state index in [9.17, 15) is 4.79 Å². The summed E-state index contributed by atoms with van der Waals surface area (Å²) in [6.07, 6.45) is 0. The van der Waals surface area contributed by atoms with Crippen LogP contribution in [-0.2, 0) is 4.84 Å². The van der Waals surface area contributed by atoms with Gasteiger partial charge in [-0.15, -0.1) is 0 Å². The summed E-state index contributed by atoms with van der Waals surface area (Å²) < 4.78 is 0. The highest BCUT2D eigenvalue weighted by Crippen LogP contribution is 2.15. The minimum Gasteiger partial charge on any atom is -0.385 e. The van der Waals surface area contributed by atoms with Crippen LogP contribution in [0, 0.1) is 0 Å². The molecule has 0 radical (unpaired) electrons. The standard InChI is InChI=1S/C13H20N2O2/c1-5-14-11-9-7-6-8-10(11)12(16)15-17-13(2,3)4/h6-9,14H,5H2,1-4H3,(H,15,16). The monoisotopic (exact) mass is 236 g/mol. The van der Waals surface area contributed by atoms with E-state index in [1.165, 1.54) is 0 Å². The van der Waals surface area contributed by atoms with Crippen LogP contribution >= 0.6 is 0 Å². The molecular weight excluding hydrogens is 216 g/mol. The third kappa shape index (κ3) is 4.44. The first-order chi connectivity index (χ1) is 7.94. The van der Waals surface area contributed by atoms with Gasteiger partial charge in [0.1, 0.15) is 0 Å². The largest absolute Gasteiger partial charge is 0.385 e. The second-order valence-electron chi connectivity index (χ2n) is 4.72. The van der Waals surface area contributed by atoms with E-state index in [2.05, 4.69) is 10.8 Å². The molecule has 0 aliphatic carbocycles. The van der Waals surface area contributed by atoms with Gasteiger partial charge < -0.3 is 5.32 Å². The number of nitrogens with one attached hydrogen (secondary N) is 2. The quantitative estimate of drug-likeness (QED) is 0.790. The topological polar surface area (TPSA) is 50.4 Å². The maximum atomic E-state index is 11.9. The first kappa shape index (κ1) is 13.5. The number of hydrogen-bond acceptors (Lipinski definition) is 3. The molecule has 4 heteroatoms. The summed E-state index contributed by atoms with van der Waals surface area (Å²) in [7, 11) is 0. The highest BCUT2D eigenvalue weighted by molar-refractivity contribution is 5.98. The second-order valence-corrected chi connectivity index (χ2v) is 4.72. The van der Waals surface area contributed by atoms with E-state index in [0.29, 0.717) is 5.56 Å². The molecular formula is C13H20N2O2. The molecule has 0 unspecified atom stereocenters. The highest BCUT2D eigenvalue weighted by Gasteiger charge is 2.15. The maximum absolute atomic E-state index is 11.9. The average Bonchev–Trinajstić information content (AvgIpc) is 2.26. The molecule has 0 saturated carbocycles. The van der Waals surface area contributed by atoms with Crippen molar-refractivity contribution in [3.63, 3.8) is 0 Å². The Morgan fingerprint density at radius 1 is 1.29 bits per heavy atom. The number of carbonyl (C=O) groups excluding carboxylic acids is 1. The Morgan fingerprint density at radius 3 is 2.53 bits per heavy atom. The van der Waals surface area contributed by atoms with Gasteiger partial charge in [-0.3, -0.25) is 9.63 Å². The smallest absolute Gasteiger partial charge is 0.276 e. The van der Waals surface area contributed by atoms with Crippen molar-refractivity contribution in [1.29, 1.82) is 0 Å². The van der Waals surface area contributed by atoms with Gasteiger partial charge >= 0.3 is 0 Å².